The van der Waals surface area contributed by atoms with Gasteiger partial charge in [-0.1, -0.05) is 25.1 Å². The molecule has 0 aromatic heterocycles. The summed E-state index contributed by atoms with van der Waals surface area (Å²) in [6.45, 7) is 5.40. The van der Waals surface area contributed by atoms with Gasteiger partial charge in [0, 0.05) is 25.9 Å². The molecule has 1 aromatic rings. The summed E-state index contributed by atoms with van der Waals surface area (Å²) >= 11 is 5.73. The molecule has 0 unspecified atom stereocenters. The van der Waals surface area contributed by atoms with Gasteiger partial charge in [0.2, 0.25) is 5.91 Å². The Hall–Kier alpha value is -1.06. The Labute approximate surface area is 120 Å². The predicted octanol–water partition coefficient (Wildman–Crippen LogP) is 3.17. The summed E-state index contributed by atoms with van der Waals surface area (Å²) in [5, 5.41) is 0. The second-order valence-electron chi connectivity index (χ2n) is 4.46. The van der Waals surface area contributed by atoms with Crippen molar-refractivity contribution in [2.75, 3.05) is 31.0 Å². The maximum atomic E-state index is 12.1. The van der Waals surface area contributed by atoms with Crippen LogP contribution in [0.25, 0.3) is 0 Å². The highest BCUT2D eigenvalue weighted by molar-refractivity contribution is 6.29. The average molecular weight is 284 g/mol. The third kappa shape index (κ3) is 4.22. The summed E-state index contributed by atoms with van der Waals surface area (Å²) in [5.41, 5.74) is 3.29. The Kier molecular flexibility index (Phi) is 6.89. The van der Waals surface area contributed by atoms with Gasteiger partial charge in [-0.15, -0.1) is 11.6 Å². The van der Waals surface area contributed by atoms with Crippen molar-refractivity contribution in [1.82, 2.24) is 0 Å². The number of anilines is 1. The van der Waals surface area contributed by atoms with Crippen LogP contribution in [0.4, 0.5) is 5.69 Å². The Morgan fingerprint density at radius 3 is 2.74 bits per heavy atom. The first-order valence-corrected chi connectivity index (χ1v) is 7.12. The lowest BCUT2D eigenvalue weighted by molar-refractivity contribution is -0.116. The van der Waals surface area contributed by atoms with Crippen LogP contribution in [-0.4, -0.2) is 32.0 Å². The van der Waals surface area contributed by atoms with Gasteiger partial charge in [-0.25, -0.2) is 0 Å². The van der Waals surface area contributed by atoms with Gasteiger partial charge in [0.1, 0.15) is 5.88 Å². The molecule has 0 fully saturated rings. The summed E-state index contributed by atoms with van der Waals surface area (Å²) in [6, 6.07) is 6.11. The van der Waals surface area contributed by atoms with Crippen LogP contribution in [0, 0.1) is 6.92 Å². The lowest BCUT2D eigenvalue weighted by atomic mass is 10.0. The number of alkyl halides is 1. The number of benzene rings is 1. The van der Waals surface area contributed by atoms with Gasteiger partial charge in [0.05, 0.1) is 0 Å². The van der Waals surface area contributed by atoms with Gasteiger partial charge in [-0.2, -0.15) is 0 Å². The topological polar surface area (TPSA) is 29.5 Å². The second kappa shape index (κ2) is 8.18. The molecule has 0 N–H and O–H groups in total. The van der Waals surface area contributed by atoms with Crippen molar-refractivity contribution in [3.63, 3.8) is 0 Å². The maximum Gasteiger partial charge on any atom is 0.241 e. The number of hydrogen-bond donors (Lipinski definition) is 0. The first-order valence-electron chi connectivity index (χ1n) is 6.59. The number of nitrogens with zero attached hydrogens (tertiary/aromatic N) is 1. The zero-order valence-corrected chi connectivity index (χ0v) is 12.7. The highest BCUT2D eigenvalue weighted by atomic mass is 35.5. The molecule has 106 valence electrons. The van der Waals surface area contributed by atoms with Crippen molar-refractivity contribution in [3.8, 4) is 0 Å². The number of methoxy groups -OCH3 is 1. The summed E-state index contributed by atoms with van der Waals surface area (Å²) in [6.07, 6.45) is 1.70. The molecule has 0 aliphatic rings. The summed E-state index contributed by atoms with van der Waals surface area (Å²) in [4.78, 5) is 13.9. The first-order chi connectivity index (χ1) is 9.15. The smallest absolute Gasteiger partial charge is 0.241 e. The van der Waals surface area contributed by atoms with Crippen molar-refractivity contribution in [2.24, 2.45) is 0 Å². The van der Waals surface area contributed by atoms with E-state index in [0.717, 1.165) is 24.1 Å². The molecule has 1 rings (SSSR count). The fourth-order valence-electron chi connectivity index (χ4n) is 2.19. The minimum absolute atomic E-state index is 0.00444. The lowest BCUT2D eigenvalue weighted by Gasteiger charge is -2.26. The van der Waals surface area contributed by atoms with Gasteiger partial charge in [-0.3, -0.25) is 4.79 Å². The van der Waals surface area contributed by atoms with Gasteiger partial charge >= 0.3 is 0 Å². The first kappa shape index (κ1) is 16.0. The van der Waals surface area contributed by atoms with Crippen LogP contribution in [0.5, 0.6) is 0 Å². The van der Waals surface area contributed by atoms with E-state index in [1.54, 1.807) is 12.0 Å². The van der Waals surface area contributed by atoms with E-state index in [1.807, 2.05) is 19.1 Å². The fraction of sp³-hybridized carbons (Fsp3) is 0.533. The van der Waals surface area contributed by atoms with Crippen LogP contribution >= 0.6 is 11.6 Å². The Morgan fingerprint density at radius 1 is 1.42 bits per heavy atom. The SMILES string of the molecule is CCc1cccc(C)c1N(CCCOC)C(=O)CCl. The zero-order chi connectivity index (χ0) is 14.3. The normalized spacial score (nSPS) is 10.5. The largest absolute Gasteiger partial charge is 0.385 e. The number of rotatable bonds is 7. The number of aryl methyl sites for hydroxylation is 2. The van der Waals surface area contributed by atoms with E-state index in [2.05, 4.69) is 13.0 Å². The molecular formula is C15H22ClNO2. The van der Waals surface area contributed by atoms with Crippen LogP contribution in [0.2, 0.25) is 0 Å². The predicted molar refractivity (Wildman–Crippen MR) is 80.1 cm³/mol. The van der Waals surface area contributed by atoms with Crippen molar-refractivity contribution in [2.45, 2.75) is 26.7 Å². The molecule has 0 aliphatic carbocycles. The summed E-state index contributed by atoms with van der Waals surface area (Å²) in [7, 11) is 1.67. The maximum absolute atomic E-state index is 12.1. The molecule has 0 atom stereocenters. The quantitative estimate of drug-likeness (QED) is 0.568. The fourth-order valence-corrected chi connectivity index (χ4v) is 2.34. The van der Waals surface area contributed by atoms with Crippen LogP contribution in [0.15, 0.2) is 18.2 Å². The molecule has 0 saturated carbocycles. The molecule has 0 aliphatic heterocycles. The van der Waals surface area contributed by atoms with Gasteiger partial charge in [0.25, 0.3) is 0 Å². The molecule has 1 aromatic carbocycles. The van der Waals surface area contributed by atoms with Gasteiger partial charge in [0.15, 0.2) is 0 Å². The van der Waals surface area contributed by atoms with E-state index < -0.39 is 0 Å². The van der Waals surface area contributed by atoms with Crippen molar-refractivity contribution < 1.29 is 9.53 Å². The molecule has 0 radical (unpaired) electrons. The summed E-state index contributed by atoms with van der Waals surface area (Å²) < 4.78 is 5.06. The number of halogens is 1. The lowest BCUT2D eigenvalue weighted by Crippen LogP contribution is -2.34. The molecule has 3 nitrogen and oxygen atoms in total. The van der Waals surface area contributed by atoms with E-state index in [1.165, 1.54) is 5.56 Å². The van der Waals surface area contributed by atoms with Gasteiger partial charge in [-0.05, 0) is 30.9 Å². The minimum atomic E-state index is -0.0539. The highest BCUT2D eigenvalue weighted by Crippen LogP contribution is 2.26. The second-order valence-corrected chi connectivity index (χ2v) is 4.73. The van der Waals surface area contributed by atoms with E-state index in [9.17, 15) is 4.79 Å². The molecular weight excluding hydrogens is 262 g/mol. The van der Waals surface area contributed by atoms with Crippen molar-refractivity contribution in [3.05, 3.63) is 29.3 Å². The molecule has 19 heavy (non-hydrogen) atoms. The van der Waals surface area contributed by atoms with Crippen LogP contribution in [-0.2, 0) is 16.0 Å². The molecule has 0 bridgehead atoms. The zero-order valence-electron chi connectivity index (χ0n) is 11.9. The van der Waals surface area contributed by atoms with Crippen molar-refractivity contribution >= 4 is 23.2 Å². The van der Waals surface area contributed by atoms with Crippen LogP contribution in [0.3, 0.4) is 0 Å². The Morgan fingerprint density at radius 2 is 2.16 bits per heavy atom. The highest BCUT2D eigenvalue weighted by Gasteiger charge is 2.18. The van der Waals surface area contributed by atoms with E-state index in [-0.39, 0.29) is 11.8 Å². The number of carbonyl (C=O) groups is 1. The Bertz CT molecular complexity index is 421. The third-order valence-corrected chi connectivity index (χ3v) is 3.35. The molecule has 0 spiro atoms. The number of para-hydroxylation sites is 1. The summed E-state index contributed by atoms with van der Waals surface area (Å²) in [5.74, 6) is -0.0495. The third-order valence-electron chi connectivity index (χ3n) is 3.12. The molecule has 1 amide bonds. The molecule has 0 heterocycles. The average Bonchev–Trinajstić information content (AvgIpc) is 2.43. The van der Waals surface area contributed by atoms with Crippen LogP contribution < -0.4 is 4.90 Å². The van der Waals surface area contributed by atoms with Gasteiger partial charge < -0.3 is 9.64 Å². The van der Waals surface area contributed by atoms with Crippen molar-refractivity contribution in [1.29, 1.82) is 0 Å². The molecule has 4 heteroatoms. The number of amides is 1. The van der Waals surface area contributed by atoms with E-state index in [4.69, 9.17) is 16.3 Å². The monoisotopic (exact) mass is 283 g/mol. The number of hydrogen-bond acceptors (Lipinski definition) is 2. The molecule has 0 saturated heterocycles. The number of ether oxygens (including phenoxy) is 1. The van der Waals surface area contributed by atoms with Crippen LogP contribution in [0.1, 0.15) is 24.5 Å². The standard InChI is InChI=1S/C15H22ClNO2/c1-4-13-8-5-7-12(2)15(13)17(14(18)11-16)9-6-10-19-3/h5,7-8H,4,6,9-11H2,1-3H3. The minimum Gasteiger partial charge on any atom is -0.385 e. The number of carbonyl (C=O) groups excluding carboxylic acids is 1. The van der Waals surface area contributed by atoms with E-state index in [0.29, 0.717) is 13.2 Å². The van der Waals surface area contributed by atoms with E-state index >= 15 is 0 Å². The Balaban J connectivity index is 3.05.